The van der Waals surface area contributed by atoms with Gasteiger partial charge in [0.05, 0.1) is 27.1 Å². The molecule has 1 aromatic carbocycles. The fourth-order valence-electron chi connectivity index (χ4n) is 1.90. The zero-order valence-electron chi connectivity index (χ0n) is 11.0. The molecule has 0 fully saturated rings. The summed E-state index contributed by atoms with van der Waals surface area (Å²) in [7, 11) is -1.60. The van der Waals surface area contributed by atoms with Crippen molar-refractivity contribution in [3.05, 3.63) is 28.4 Å². The lowest BCUT2D eigenvalue weighted by Crippen LogP contribution is -2.09. The molecule has 2 rings (SSSR count). The number of hydrogen-bond acceptors (Lipinski definition) is 4. The van der Waals surface area contributed by atoms with Crippen molar-refractivity contribution in [2.24, 2.45) is 0 Å². The number of nitrogen functional groups attached to an aromatic ring is 1. The summed E-state index contributed by atoms with van der Waals surface area (Å²) in [6.07, 6.45) is -3.33. The van der Waals surface area contributed by atoms with E-state index >= 15 is 0 Å². The Morgan fingerprint density at radius 3 is 2.59 bits per heavy atom. The van der Waals surface area contributed by atoms with Crippen LogP contribution in [0.4, 0.5) is 18.9 Å². The van der Waals surface area contributed by atoms with Gasteiger partial charge in [-0.3, -0.25) is 9.31 Å². The number of H-pyrrole nitrogens is 1. The van der Waals surface area contributed by atoms with Crippen LogP contribution in [0.1, 0.15) is 11.3 Å². The summed E-state index contributed by atoms with van der Waals surface area (Å²) in [5.74, 6) is 0. The van der Waals surface area contributed by atoms with Gasteiger partial charge < -0.3 is 5.73 Å². The average Bonchev–Trinajstić information content (AvgIpc) is 2.83. The van der Waals surface area contributed by atoms with Gasteiger partial charge in [0.2, 0.25) is 0 Å². The van der Waals surface area contributed by atoms with Crippen LogP contribution in [0.3, 0.4) is 0 Å². The molecule has 0 amide bonds. The Labute approximate surface area is 130 Å². The fraction of sp³-hybridized carbons (Fsp3) is 0.167. The maximum absolute atomic E-state index is 12.8. The van der Waals surface area contributed by atoms with E-state index in [0.29, 0.717) is 6.07 Å². The predicted molar refractivity (Wildman–Crippen MR) is 75.5 cm³/mol. The Kier molecular flexibility index (Phi) is 4.17. The first-order chi connectivity index (χ1) is 10.2. The van der Waals surface area contributed by atoms with Gasteiger partial charge in [0.25, 0.3) is 0 Å². The quantitative estimate of drug-likeness (QED) is 0.815. The minimum absolute atomic E-state index is 0.0589. The minimum atomic E-state index is -4.64. The Morgan fingerprint density at radius 1 is 1.45 bits per heavy atom. The van der Waals surface area contributed by atoms with E-state index in [0.717, 1.165) is 6.07 Å². The number of nitriles is 1. The number of alkyl halides is 3. The molecule has 0 aliphatic heterocycles. The first-order valence-corrected chi connectivity index (χ1v) is 7.59. The maximum atomic E-state index is 12.8. The first kappa shape index (κ1) is 16.3. The first-order valence-electron chi connectivity index (χ1n) is 5.65. The van der Waals surface area contributed by atoms with Crippen molar-refractivity contribution < 1.29 is 17.4 Å². The van der Waals surface area contributed by atoms with Gasteiger partial charge >= 0.3 is 6.18 Å². The van der Waals surface area contributed by atoms with Crippen molar-refractivity contribution in [3.8, 4) is 17.3 Å². The van der Waals surface area contributed by atoms with Gasteiger partial charge in [-0.2, -0.15) is 23.5 Å². The maximum Gasteiger partial charge on any atom is 0.418 e. The van der Waals surface area contributed by atoms with Crippen LogP contribution in [0.15, 0.2) is 17.0 Å². The molecule has 0 spiro atoms. The molecule has 0 aliphatic rings. The van der Waals surface area contributed by atoms with Gasteiger partial charge in [0.15, 0.2) is 5.69 Å². The van der Waals surface area contributed by atoms with E-state index in [4.69, 9.17) is 22.6 Å². The molecule has 0 aliphatic carbocycles. The summed E-state index contributed by atoms with van der Waals surface area (Å²) in [6.45, 7) is 0. The Bertz CT molecular complexity index is 810. The largest absolute Gasteiger partial charge is 0.418 e. The zero-order valence-corrected chi connectivity index (χ0v) is 12.5. The summed E-state index contributed by atoms with van der Waals surface area (Å²) < 4.78 is 50.1. The molecule has 1 heterocycles. The number of nitrogens with two attached hydrogens (primary N) is 1. The van der Waals surface area contributed by atoms with E-state index in [1.807, 2.05) is 0 Å². The highest BCUT2D eigenvalue weighted by molar-refractivity contribution is 7.84. The van der Waals surface area contributed by atoms with Crippen LogP contribution in [-0.2, 0) is 17.0 Å². The van der Waals surface area contributed by atoms with E-state index in [2.05, 4.69) is 10.2 Å². The predicted octanol–water partition coefficient (Wildman–Crippen LogP) is 2.94. The molecule has 22 heavy (non-hydrogen) atoms. The number of rotatable bonds is 2. The molecule has 5 nitrogen and oxygen atoms in total. The molecule has 0 bridgehead atoms. The highest BCUT2D eigenvalue weighted by Gasteiger charge is 2.34. The summed E-state index contributed by atoms with van der Waals surface area (Å²) in [6, 6.07) is 3.44. The van der Waals surface area contributed by atoms with E-state index in [1.54, 1.807) is 6.07 Å². The molecular weight excluding hydrogens is 341 g/mol. The standard InChI is InChI=1S/C12H8ClF3N4OS/c1-22(21)11-9(4-17)19-20-10(11)5-2-8(18)6(3-7(5)13)12(14,15)16/h2-3H,18H2,1H3,(H,19,20). The summed E-state index contributed by atoms with van der Waals surface area (Å²) >= 11 is 5.89. The highest BCUT2D eigenvalue weighted by atomic mass is 35.5. The number of aromatic nitrogens is 2. The Morgan fingerprint density at radius 2 is 2.09 bits per heavy atom. The number of aromatic amines is 1. The van der Waals surface area contributed by atoms with Gasteiger partial charge in [0, 0.05) is 17.5 Å². The second kappa shape index (κ2) is 5.62. The third-order valence-corrected chi connectivity index (χ3v) is 4.11. The lowest BCUT2D eigenvalue weighted by molar-refractivity contribution is -0.136. The summed E-state index contributed by atoms with van der Waals surface area (Å²) in [5, 5.41) is 14.8. The van der Waals surface area contributed by atoms with Crippen molar-refractivity contribution in [1.82, 2.24) is 10.2 Å². The van der Waals surface area contributed by atoms with Gasteiger partial charge in [-0.25, -0.2) is 0 Å². The van der Waals surface area contributed by atoms with Crippen LogP contribution < -0.4 is 5.73 Å². The van der Waals surface area contributed by atoms with Gasteiger partial charge in [0.1, 0.15) is 11.0 Å². The normalized spacial score (nSPS) is 12.9. The number of nitrogens with one attached hydrogen (secondary N) is 1. The molecule has 0 radical (unpaired) electrons. The average molecular weight is 349 g/mol. The van der Waals surface area contributed by atoms with E-state index in [1.165, 1.54) is 6.26 Å². The zero-order chi connectivity index (χ0) is 16.7. The number of nitrogens with zero attached hydrogens (tertiary/aromatic N) is 2. The molecule has 1 unspecified atom stereocenters. The molecule has 1 atom stereocenters. The third-order valence-electron chi connectivity index (χ3n) is 2.83. The molecule has 3 N–H and O–H groups in total. The molecule has 10 heteroatoms. The highest BCUT2D eigenvalue weighted by Crippen LogP contribution is 2.40. The second-order valence-electron chi connectivity index (χ2n) is 4.26. The monoisotopic (exact) mass is 348 g/mol. The van der Waals surface area contributed by atoms with Crippen molar-refractivity contribution in [2.45, 2.75) is 11.1 Å². The van der Waals surface area contributed by atoms with E-state index < -0.39 is 28.2 Å². The number of hydrogen-bond donors (Lipinski definition) is 2. The number of anilines is 1. The van der Waals surface area contributed by atoms with Crippen LogP contribution in [0.5, 0.6) is 0 Å². The lowest BCUT2D eigenvalue weighted by Gasteiger charge is -2.13. The minimum Gasteiger partial charge on any atom is -0.398 e. The van der Waals surface area contributed by atoms with E-state index in [9.17, 15) is 17.4 Å². The fourth-order valence-corrected chi connectivity index (χ4v) is 2.96. The van der Waals surface area contributed by atoms with Crippen LogP contribution >= 0.6 is 11.6 Å². The molecule has 1 aromatic heterocycles. The summed E-state index contributed by atoms with van der Waals surface area (Å²) in [4.78, 5) is 0.0589. The van der Waals surface area contributed by atoms with Crippen LogP contribution in [0.2, 0.25) is 5.02 Å². The Balaban J connectivity index is 2.71. The summed E-state index contributed by atoms with van der Waals surface area (Å²) in [5.41, 5.74) is 3.89. The molecule has 116 valence electrons. The molecule has 0 saturated carbocycles. The van der Waals surface area contributed by atoms with E-state index in [-0.39, 0.29) is 26.9 Å². The molecule has 2 aromatic rings. The smallest absolute Gasteiger partial charge is 0.398 e. The van der Waals surface area contributed by atoms with Crippen molar-refractivity contribution in [1.29, 1.82) is 5.26 Å². The SMILES string of the molecule is CS(=O)c1c(C#N)n[nH]c1-c1cc(N)c(C(F)(F)F)cc1Cl. The number of benzene rings is 1. The van der Waals surface area contributed by atoms with Crippen molar-refractivity contribution in [2.75, 3.05) is 12.0 Å². The topological polar surface area (TPSA) is 95.6 Å². The lowest BCUT2D eigenvalue weighted by atomic mass is 10.1. The van der Waals surface area contributed by atoms with Crippen LogP contribution in [0, 0.1) is 11.3 Å². The van der Waals surface area contributed by atoms with Crippen LogP contribution in [-0.4, -0.2) is 20.7 Å². The molecule has 0 saturated heterocycles. The van der Waals surface area contributed by atoms with Crippen molar-refractivity contribution in [3.63, 3.8) is 0 Å². The van der Waals surface area contributed by atoms with Gasteiger partial charge in [-0.15, -0.1) is 0 Å². The number of halogens is 4. The van der Waals surface area contributed by atoms with Crippen molar-refractivity contribution >= 4 is 28.1 Å². The molecular formula is C12H8ClF3N4OS. The second-order valence-corrected chi connectivity index (χ2v) is 5.98. The van der Waals surface area contributed by atoms with Crippen LogP contribution in [0.25, 0.3) is 11.3 Å². The van der Waals surface area contributed by atoms with Gasteiger partial charge in [-0.05, 0) is 12.1 Å². The Hall–Kier alpha value is -2.05. The van der Waals surface area contributed by atoms with Gasteiger partial charge in [-0.1, -0.05) is 11.6 Å². The third kappa shape index (κ3) is 2.80.